The minimum absolute atomic E-state index is 0.252. The monoisotopic (exact) mass is 459 g/mol. The average Bonchev–Trinajstić information content (AvgIpc) is 2.82. The predicted octanol–water partition coefficient (Wildman–Crippen LogP) is 4.49. The van der Waals surface area contributed by atoms with Crippen molar-refractivity contribution in [3.05, 3.63) is 40.6 Å². The van der Waals surface area contributed by atoms with E-state index in [0.29, 0.717) is 17.7 Å². The molecule has 0 aliphatic carbocycles. The van der Waals surface area contributed by atoms with Crippen molar-refractivity contribution in [1.82, 2.24) is 9.97 Å². The first-order valence-electron chi connectivity index (χ1n) is 11.7. The normalized spacial score (nSPS) is 10.2. The number of nitrogen functional groups attached to an aromatic ring is 1. The Labute approximate surface area is 198 Å². The second-order valence-electron chi connectivity index (χ2n) is 7.82. The highest BCUT2D eigenvalue weighted by molar-refractivity contribution is 5.90. The van der Waals surface area contributed by atoms with Crippen molar-refractivity contribution in [3.8, 4) is 5.75 Å². The number of anilines is 2. The Bertz CT molecular complexity index is 854. The first kappa shape index (κ1) is 28.2. The summed E-state index contributed by atoms with van der Waals surface area (Å²) in [6.45, 7) is 7.95. The fraction of sp³-hybridized carbons (Fsp3) is 0.560. The van der Waals surface area contributed by atoms with Gasteiger partial charge in [-0.05, 0) is 44.0 Å². The number of aryl methyl sites for hydroxylation is 1. The molecule has 0 spiro atoms. The van der Waals surface area contributed by atoms with Gasteiger partial charge in [0, 0.05) is 24.2 Å². The van der Waals surface area contributed by atoms with Gasteiger partial charge in [0.1, 0.15) is 11.6 Å². The number of rotatable bonds is 12. The molecular formula is C25H41N5O3. The molecule has 0 unspecified atom stereocenters. The van der Waals surface area contributed by atoms with Gasteiger partial charge >= 0.3 is 5.97 Å². The first-order chi connectivity index (χ1) is 15.9. The Kier molecular flexibility index (Phi) is 13.5. The van der Waals surface area contributed by atoms with Gasteiger partial charge in [0.05, 0.1) is 19.8 Å². The standard InChI is InChI=1S/C20H28N4O3.C5H13N/c1-5-6-7-10-22-18-16(13(2)23-20(21)24-18)11-14-8-9-15(19(25)27-4)12-17(14)26-3;1-2-3-4-5-6/h8-9,12H,5-7,10-11H2,1-4H3,(H3,21,22,23,24);2-6H2,1H3. The fourth-order valence-electron chi connectivity index (χ4n) is 3.28. The summed E-state index contributed by atoms with van der Waals surface area (Å²) in [5, 5.41) is 3.38. The SMILES string of the molecule is CCCCCN.CCCCCNc1nc(N)nc(C)c1Cc1ccc(C(=O)OC)cc1OC. The number of carbonyl (C=O) groups is 1. The predicted molar refractivity (Wildman–Crippen MR) is 135 cm³/mol. The van der Waals surface area contributed by atoms with E-state index in [1.165, 1.54) is 26.4 Å². The molecule has 0 saturated heterocycles. The molecule has 1 aromatic carbocycles. The van der Waals surface area contributed by atoms with Crippen LogP contribution in [0.1, 0.15) is 79.6 Å². The Hall–Kier alpha value is -2.87. The largest absolute Gasteiger partial charge is 0.496 e. The summed E-state index contributed by atoms with van der Waals surface area (Å²) < 4.78 is 10.2. The maximum absolute atomic E-state index is 11.7. The van der Waals surface area contributed by atoms with E-state index in [1.54, 1.807) is 19.2 Å². The Morgan fingerprint density at radius 1 is 1.06 bits per heavy atom. The molecule has 8 heteroatoms. The first-order valence-corrected chi connectivity index (χ1v) is 11.7. The molecule has 2 rings (SSSR count). The molecule has 0 aliphatic rings. The summed E-state index contributed by atoms with van der Waals surface area (Å²) in [6.07, 6.45) is 7.70. The number of hydrogen-bond donors (Lipinski definition) is 3. The minimum atomic E-state index is -0.398. The van der Waals surface area contributed by atoms with Crippen molar-refractivity contribution in [2.24, 2.45) is 5.73 Å². The van der Waals surface area contributed by atoms with Crippen LogP contribution >= 0.6 is 0 Å². The van der Waals surface area contributed by atoms with Gasteiger partial charge in [0.15, 0.2) is 0 Å². The molecule has 0 bridgehead atoms. The van der Waals surface area contributed by atoms with Gasteiger partial charge < -0.3 is 26.3 Å². The van der Waals surface area contributed by atoms with Crippen molar-refractivity contribution in [2.45, 2.75) is 65.7 Å². The number of nitrogens with one attached hydrogen (secondary N) is 1. The minimum Gasteiger partial charge on any atom is -0.496 e. The lowest BCUT2D eigenvalue weighted by Crippen LogP contribution is -2.12. The summed E-state index contributed by atoms with van der Waals surface area (Å²) in [4.78, 5) is 20.4. The zero-order chi connectivity index (χ0) is 24.6. The van der Waals surface area contributed by atoms with Gasteiger partial charge in [0.25, 0.3) is 0 Å². The number of unbranched alkanes of at least 4 members (excludes halogenated alkanes) is 4. The lowest BCUT2D eigenvalue weighted by molar-refractivity contribution is 0.0600. The van der Waals surface area contributed by atoms with Gasteiger partial charge in [-0.3, -0.25) is 0 Å². The molecule has 33 heavy (non-hydrogen) atoms. The number of benzene rings is 1. The third-order valence-corrected chi connectivity index (χ3v) is 5.19. The van der Waals surface area contributed by atoms with Crippen LogP contribution in [0.5, 0.6) is 5.75 Å². The van der Waals surface area contributed by atoms with Crippen molar-refractivity contribution in [3.63, 3.8) is 0 Å². The van der Waals surface area contributed by atoms with Crippen LogP contribution in [0.3, 0.4) is 0 Å². The van der Waals surface area contributed by atoms with Gasteiger partial charge in [-0.15, -0.1) is 0 Å². The Balaban J connectivity index is 0.000000801. The van der Waals surface area contributed by atoms with Crippen LogP contribution in [0.2, 0.25) is 0 Å². The number of hydrogen-bond acceptors (Lipinski definition) is 8. The molecule has 1 aromatic heterocycles. The molecule has 0 fully saturated rings. The molecule has 0 amide bonds. The topological polar surface area (TPSA) is 125 Å². The summed E-state index contributed by atoms with van der Waals surface area (Å²) >= 11 is 0. The van der Waals surface area contributed by atoms with Gasteiger partial charge in [-0.2, -0.15) is 4.98 Å². The van der Waals surface area contributed by atoms with E-state index in [2.05, 4.69) is 29.1 Å². The van der Waals surface area contributed by atoms with E-state index in [1.807, 2.05) is 13.0 Å². The molecule has 2 aromatic rings. The van der Waals surface area contributed by atoms with Crippen LogP contribution in [-0.2, 0) is 11.2 Å². The lowest BCUT2D eigenvalue weighted by atomic mass is 10.0. The highest BCUT2D eigenvalue weighted by atomic mass is 16.5. The molecule has 1 heterocycles. The summed E-state index contributed by atoms with van der Waals surface area (Å²) in [6, 6.07) is 5.27. The van der Waals surface area contributed by atoms with Crippen LogP contribution in [-0.4, -0.2) is 43.2 Å². The van der Waals surface area contributed by atoms with E-state index >= 15 is 0 Å². The van der Waals surface area contributed by atoms with Crippen LogP contribution < -0.4 is 21.5 Å². The quantitative estimate of drug-likeness (QED) is 0.313. The third-order valence-electron chi connectivity index (χ3n) is 5.19. The average molecular weight is 460 g/mol. The highest BCUT2D eigenvalue weighted by Gasteiger charge is 2.16. The second-order valence-corrected chi connectivity index (χ2v) is 7.82. The van der Waals surface area contributed by atoms with Crippen LogP contribution in [0, 0.1) is 6.92 Å². The molecule has 5 N–H and O–H groups in total. The summed E-state index contributed by atoms with van der Waals surface area (Å²) in [7, 11) is 2.93. The van der Waals surface area contributed by atoms with Crippen molar-refractivity contribution < 1.29 is 14.3 Å². The van der Waals surface area contributed by atoms with E-state index < -0.39 is 5.97 Å². The number of aromatic nitrogens is 2. The van der Waals surface area contributed by atoms with Crippen LogP contribution in [0.25, 0.3) is 0 Å². The number of nitrogens with two attached hydrogens (primary N) is 2. The van der Waals surface area contributed by atoms with E-state index in [9.17, 15) is 4.79 Å². The maximum atomic E-state index is 11.7. The Morgan fingerprint density at radius 3 is 2.33 bits per heavy atom. The van der Waals surface area contributed by atoms with Crippen LogP contribution in [0.4, 0.5) is 11.8 Å². The smallest absolute Gasteiger partial charge is 0.337 e. The fourth-order valence-corrected chi connectivity index (χ4v) is 3.28. The molecule has 8 nitrogen and oxygen atoms in total. The Morgan fingerprint density at radius 2 is 1.76 bits per heavy atom. The summed E-state index contributed by atoms with van der Waals surface area (Å²) in [5.74, 6) is 1.22. The van der Waals surface area contributed by atoms with E-state index in [4.69, 9.17) is 20.9 Å². The number of nitrogens with zero attached hydrogens (tertiary/aromatic N) is 2. The molecule has 0 radical (unpaired) electrons. The third kappa shape index (κ3) is 9.65. The van der Waals surface area contributed by atoms with E-state index in [-0.39, 0.29) is 5.95 Å². The van der Waals surface area contributed by atoms with Crippen molar-refractivity contribution in [2.75, 3.05) is 38.4 Å². The molecule has 0 atom stereocenters. The molecular weight excluding hydrogens is 418 g/mol. The number of esters is 1. The van der Waals surface area contributed by atoms with Crippen molar-refractivity contribution in [1.29, 1.82) is 0 Å². The van der Waals surface area contributed by atoms with Gasteiger partial charge in [0.2, 0.25) is 5.95 Å². The number of methoxy groups -OCH3 is 2. The number of ether oxygens (including phenoxy) is 2. The molecule has 0 saturated carbocycles. The maximum Gasteiger partial charge on any atom is 0.337 e. The van der Waals surface area contributed by atoms with E-state index in [0.717, 1.165) is 55.0 Å². The second kappa shape index (κ2) is 15.9. The van der Waals surface area contributed by atoms with Crippen molar-refractivity contribution >= 4 is 17.7 Å². The highest BCUT2D eigenvalue weighted by Crippen LogP contribution is 2.27. The zero-order valence-corrected chi connectivity index (χ0v) is 20.9. The van der Waals surface area contributed by atoms with Gasteiger partial charge in [-0.1, -0.05) is 45.6 Å². The molecule has 0 aliphatic heterocycles. The lowest BCUT2D eigenvalue weighted by Gasteiger charge is -2.16. The summed E-state index contributed by atoms with van der Waals surface area (Å²) in [5.41, 5.74) is 14.2. The zero-order valence-electron chi connectivity index (χ0n) is 20.9. The number of carbonyl (C=O) groups excluding carboxylic acids is 1. The molecule has 184 valence electrons. The van der Waals surface area contributed by atoms with Gasteiger partial charge in [-0.25, -0.2) is 9.78 Å². The van der Waals surface area contributed by atoms with Crippen LogP contribution in [0.15, 0.2) is 18.2 Å².